The molecule has 0 bridgehead atoms. The average molecular weight is 482 g/mol. The molecule has 0 aliphatic rings. The van der Waals surface area contributed by atoms with E-state index in [1.807, 2.05) is 36.2 Å². The Morgan fingerprint density at radius 3 is 2.63 bits per heavy atom. The first-order valence-electron chi connectivity index (χ1n) is 11.1. The van der Waals surface area contributed by atoms with Crippen molar-refractivity contribution in [1.82, 2.24) is 30.6 Å². The second kappa shape index (κ2) is 10.8. The zero-order valence-corrected chi connectivity index (χ0v) is 20.3. The second-order valence-electron chi connectivity index (χ2n) is 8.98. The van der Waals surface area contributed by atoms with Crippen LogP contribution in [-0.2, 0) is 22.6 Å². The maximum atomic E-state index is 12.1. The van der Waals surface area contributed by atoms with Gasteiger partial charge in [-0.25, -0.2) is 14.8 Å². The summed E-state index contributed by atoms with van der Waals surface area (Å²) < 4.78 is 5.15. The van der Waals surface area contributed by atoms with E-state index < -0.39 is 11.7 Å². The number of hydrogen-bond acceptors (Lipinski definition) is 10. The van der Waals surface area contributed by atoms with Gasteiger partial charge in [-0.3, -0.25) is 4.79 Å². The highest BCUT2D eigenvalue weighted by atomic mass is 16.6. The summed E-state index contributed by atoms with van der Waals surface area (Å²) in [6.45, 7) is 6.36. The minimum atomic E-state index is -0.582. The van der Waals surface area contributed by atoms with Crippen LogP contribution in [0.1, 0.15) is 38.4 Å². The molecular weight excluding hydrogens is 450 g/mol. The number of benzene rings is 1. The van der Waals surface area contributed by atoms with Gasteiger partial charge in [0, 0.05) is 32.2 Å². The summed E-state index contributed by atoms with van der Waals surface area (Å²) >= 11 is 0. The van der Waals surface area contributed by atoms with Gasteiger partial charge >= 0.3 is 6.09 Å². The van der Waals surface area contributed by atoms with Crippen LogP contribution in [-0.4, -0.2) is 51.1 Å². The van der Waals surface area contributed by atoms with Crippen molar-refractivity contribution in [2.45, 2.75) is 45.9 Å². The van der Waals surface area contributed by atoms with Gasteiger partial charge in [-0.15, -0.1) is 0 Å². The average Bonchev–Trinajstić information content (AvgIpc) is 2.77. The van der Waals surface area contributed by atoms with Crippen LogP contribution in [0.3, 0.4) is 0 Å². The number of nitrogens with one attached hydrogen (secondary N) is 2. The van der Waals surface area contributed by atoms with Crippen molar-refractivity contribution in [3.05, 3.63) is 41.7 Å². The molecule has 3 rings (SSSR count). The molecule has 1 aromatic carbocycles. The number of hydrogen-bond donors (Lipinski definition) is 4. The third kappa shape index (κ3) is 7.66. The van der Waals surface area contributed by atoms with Gasteiger partial charge in [0.25, 0.3) is 0 Å². The molecule has 0 unspecified atom stereocenters. The predicted octanol–water partition coefficient (Wildman–Crippen LogP) is 1.75. The number of carbonyl (C=O) groups is 2. The molecule has 0 spiro atoms. The standard InChI is InChI=1S/C23H31N9O3/c1-23(2,3)35-22(34)26-9-8-17(33)27-11-14-6-5-7-16(10-14)32(4)13-15-12-28-20-18(29-15)19(24)30-21(25)31-20/h5-7,10,12H,8-9,11,13H2,1-4H3,(H,26,34)(H,27,33)(H4,24,25,28,30,31). The summed E-state index contributed by atoms with van der Waals surface area (Å²) in [5.74, 6) is 0.0626. The van der Waals surface area contributed by atoms with Crippen molar-refractivity contribution < 1.29 is 14.3 Å². The van der Waals surface area contributed by atoms with Crippen molar-refractivity contribution >= 4 is 40.6 Å². The summed E-state index contributed by atoms with van der Waals surface area (Å²) in [7, 11) is 1.93. The summed E-state index contributed by atoms with van der Waals surface area (Å²) in [6, 6.07) is 7.78. The number of nitrogens with zero attached hydrogens (tertiary/aromatic N) is 5. The lowest BCUT2D eigenvalue weighted by Gasteiger charge is -2.20. The monoisotopic (exact) mass is 481 g/mol. The Morgan fingerprint density at radius 2 is 1.89 bits per heavy atom. The summed E-state index contributed by atoms with van der Waals surface area (Å²) in [5, 5.41) is 5.43. The Balaban J connectivity index is 1.52. The van der Waals surface area contributed by atoms with Gasteiger partial charge in [-0.2, -0.15) is 9.97 Å². The number of nitrogens with two attached hydrogens (primary N) is 2. The van der Waals surface area contributed by atoms with Crippen LogP contribution in [0.5, 0.6) is 0 Å². The number of alkyl carbamates (subject to hydrolysis) is 1. The number of fused-ring (bicyclic) bond motifs is 1. The molecule has 35 heavy (non-hydrogen) atoms. The van der Waals surface area contributed by atoms with Gasteiger partial charge in [0.1, 0.15) is 5.60 Å². The fraction of sp³-hybridized carbons (Fsp3) is 0.391. The first-order valence-corrected chi connectivity index (χ1v) is 11.1. The number of amides is 2. The van der Waals surface area contributed by atoms with E-state index in [0.29, 0.717) is 29.9 Å². The SMILES string of the molecule is CN(Cc1cnc2nc(N)nc(N)c2n1)c1cccc(CNC(=O)CCNC(=O)OC(C)(C)C)c1. The molecule has 0 radical (unpaired) electrons. The lowest BCUT2D eigenvalue weighted by molar-refractivity contribution is -0.121. The maximum Gasteiger partial charge on any atom is 0.407 e. The molecule has 0 aliphatic heterocycles. The van der Waals surface area contributed by atoms with Crippen molar-refractivity contribution in [1.29, 1.82) is 0 Å². The molecule has 3 aromatic rings. The van der Waals surface area contributed by atoms with E-state index in [0.717, 1.165) is 11.3 Å². The highest BCUT2D eigenvalue weighted by molar-refractivity contribution is 5.81. The van der Waals surface area contributed by atoms with E-state index in [1.165, 1.54) is 0 Å². The van der Waals surface area contributed by atoms with E-state index in [1.54, 1.807) is 27.0 Å². The molecule has 0 fully saturated rings. The normalized spacial score (nSPS) is 11.2. The predicted molar refractivity (Wildman–Crippen MR) is 133 cm³/mol. The summed E-state index contributed by atoms with van der Waals surface area (Å²) in [4.78, 5) is 42.6. The van der Waals surface area contributed by atoms with Gasteiger partial charge in [0.2, 0.25) is 11.9 Å². The molecule has 0 saturated heterocycles. The lowest BCUT2D eigenvalue weighted by Crippen LogP contribution is -2.35. The third-order valence-corrected chi connectivity index (χ3v) is 4.76. The van der Waals surface area contributed by atoms with Crippen LogP contribution in [0, 0.1) is 0 Å². The van der Waals surface area contributed by atoms with Gasteiger partial charge in [0.05, 0.1) is 18.4 Å². The zero-order valence-electron chi connectivity index (χ0n) is 20.3. The van der Waals surface area contributed by atoms with Crippen LogP contribution >= 0.6 is 0 Å². The first-order chi connectivity index (χ1) is 16.5. The molecule has 0 atom stereocenters. The molecule has 2 heterocycles. The molecule has 6 N–H and O–H groups in total. The highest BCUT2D eigenvalue weighted by Crippen LogP contribution is 2.19. The van der Waals surface area contributed by atoms with Gasteiger partial charge < -0.3 is 31.7 Å². The molecule has 2 aromatic heterocycles. The topological polar surface area (TPSA) is 174 Å². The van der Waals surface area contributed by atoms with Gasteiger partial charge in [-0.05, 0) is 38.5 Å². The Kier molecular flexibility index (Phi) is 7.84. The van der Waals surface area contributed by atoms with Crippen LogP contribution in [0.15, 0.2) is 30.5 Å². The van der Waals surface area contributed by atoms with Crippen molar-refractivity contribution in [3.63, 3.8) is 0 Å². The Bertz CT molecular complexity index is 1210. The lowest BCUT2D eigenvalue weighted by atomic mass is 10.2. The van der Waals surface area contributed by atoms with Crippen molar-refractivity contribution in [2.24, 2.45) is 0 Å². The number of rotatable bonds is 8. The van der Waals surface area contributed by atoms with E-state index in [4.69, 9.17) is 16.2 Å². The summed E-state index contributed by atoms with van der Waals surface area (Å²) in [5.41, 5.74) is 14.2. The highest BCUT2D eigenvalue weighted by Gasteiger charge is 2.16. The molecular formula is C23H31N9O3. The quantitative estimate of drug-likeness (QED) is 0.371. The van der Waals surface area contributed by atoms with Crippen LogP contribution in [0.25, 0.3) is 11.2 Å². The summed E-state index contributed by atoms with van der Waals surface area (Å²) in [6.07, 6.45) is 1.23. The number of anilines is 3. The number of carbonyl (C=O) groups excluding carboxylic acids is 2. The maximum absolute atomic E-state index is 12.1. The molecule has 0 aliphatic carbocycles. The third-order valence-electron chi connectivity index (χ3n) is 4.76. The van der Waals surface area contributed by atoms with Gasteiger partial charge in [0.15, 0.2) is 17.0 Å². The number of ether oxygens (including phenoxy) is 1. The largest absolute Gasteiger partial charge is 0.444 e. The molecule has 2 amide bonds. The number of nitrogen functional groups attached to an aromatic ring is 2. The van der Waals surface area contributed by atoms with Crippen LogP contribution in [0.4, 0.5) is 22.2 Å². The van der Waals surface area contributed by atoms with Crippen LogP contribution < -0.4 is 27.0 Å². The number of aromatic nitrogens is 4. The molecule has 186 valence electrons. The Morgan fingerprint density at radius 1 is 1.11 bits per heavy atom. The van der Waals surface area contributed by atoms with Crippen molar-refractivity contribution in [3.8, 4) is 0 Å². The zero-order chi connectivity index (χ0) is 25.6. The van der Waals surface area contributed by atoms with E-state index in [2.05, 4.69) is 30.6 Å². The minimum absolute atomic E-state index is 0.0531. The molecule has 12 heteroatoms. The van der Waals surface area contributed by atoms with Crippen molar-refractivity contribution in [2.75, 3.05) is 30.0 Å². The van der Waals surface area contributed by atoms with E-state index in [9.17, 15) is 9.59 Å². The minimum Gasteiger partial charge on any atom is -0.444 e. The Hall–Kier alpha value is -4.22. The Labute approximate surface area is 203 Å². The molecule has 12 nitrogen and oxygen atoms in total. The fourth-order valence-electron chi connectivity index (χ4n) is 3.18. The first kappa shape index (κ1) is 25.4. The molecule has 0 saturated carbocycles. The van der Waals surface area contributed by atoms with E-state index >= 15 is 0 Å². The van der Waals surface area contributed by atoms with Gasteiger partial charge in [-0.1, -0.05) is 12.1 Å². The fourth-order valence-corrected chi connectivity index (χ4v) is 3.18. The van der Waals surface area contributed by atoms with Crippen LogP contribution in [0.2, 0.25) is 0 Å². The second-order valence-corrected chi connectivity index (χ2v) is 8.98. The van der Waals surface area contributed by atoms with E-state index in [-0.39, 0.29) is 30.6 Å². The smallest absolute Gasteiger partial charge is 0.407 e.